The van der Waals surface area contributed by atoms with Crippen molar-refractivity contribution >= 4 is 31.9 Å². The van der Waals surface area contributed by atoms with Crippen LogP contribution in [0.15, 0.2) is 76.2 Å². The van der Waals surface area contributed by atoms with Crippen LogP contribution in [0.4, 0.5) is 0 Å². The van der Waals surface area contributed by atoms with Crippen molar-refractivity contribution in [3.63, 3.8) is 0 Å². The molecule has 108 valence electrons. The highest BCUT2D eigenvalue weighted by molar-refractivity contribution is 9.10. The zero-order chi connectivity index (χ0) is 15.6. The lowest BCUT2D eigenvalue weighted by Gasteiger charge is -2.29. The summed E-state index contributed by atoms with van der Waals surface area (Å²) < 4.78 is 3.79. The fourth-order valence-corrected chi connectivity index (χ4v) is 3.02. The fraction of sp³-hybridized carbons (Fsp3) is 0.0588. The zero-order valence-electron chi connectivity index (χ0n) is 11.4. The SMILES string of the molecule is N#CC(c1ccc(Br)cc1)(c1ccc(Br)cc1)n1ccnc1. The predicted octanol–water partition coefficient (Wildman–Crippen LogP) is 4.72. The summed E-state index contributed by atoms with van der Waals surface area (Å²) in [5, 5.41) is 10.1. The molecule has 0 aliphatic rings. The Morgan fingerprint density at radius 1 is 0.909 bits per heavy atom. The number of hydrogen-bond acceptors (Lipinski definition) is 2. The van der Waals surface area contributed by atoms with Crippen LogP contribution in [0, 0.1) is 11.3 Å². The number of nitrogens with zero attached hydrogens (tertiary/aromatic N) is 3. The molecule has 1 heterocycles. The van der Waals surface area contributed by atoms with Gasteiger partial charge in [0.1, 0.15) is 6.07 Å². The van der Waals surface area contributed by atoms with Crippen molar-refractivity contribution in [1.82, 2.24) is 9.55 Å². The summed E-state index contributed by atoms with van der Waals surface area (Å²) in [5.41, 5.74) is 0.829. The van der Waals surface area contributed by atoms with E-state index in [-0.39, 0.29) is 0 Å². The summed E-state index contributed by atoms with van der Waals surface area (Å²) in [6.07, 6.45) is 5.17. The van der Waals surface area contributed by atoms with Gasteiger partial charge >= 0.3 is 0 Å². The molecule has 0 aliphatic carbocycles. The summed E-state index contributed by atoms with van der Waals surface area (Å²) in [5.74, 6) is 0. The van der Waals surface area contributed by atoms with Gasteiger partial charge in [0.05, 0.1) is 6.33 Å². The molecular formula is C17H11Br2N3. The van der Waals surface area contributed by atoms with Crippen LogP contribution in [0.25, 0.3) is 0 Å². The number of aromatic nitrogens is 2. The van der Waals surface area contributed by atoms with E-state index in [4.69, 9.17) is 0 Å². The van der Waals surface area contributed by atoms with Gasteiger partial charge in [0, 0.05) is 21.3 Å². The molecule has 0 atom stereocenters. The van der Waals surface area contributed by atoms with Gasteiger partial charge in [0.15, 0.2) is 5.54 Å². The first-order valence-corrected chi connectivity index (χ1v) is 8.17. The number of hydrogen-bond donors (Lipinski definition) is 0. The van der Waals surface area contributed by atoms with Gasteiger partial charge in [0.25, 0.3) is 0 Å². The van der Waals surface area contributed by atoms with Crippen molar-refractivity contribution in [1.29, 1.82) is 5.26 Å². The molecule has 22 heavy (non-hydrogen) atoms. The Balaban J connectivity index is 2.28. The first-order valence-electron chi connectivity index (χ1n) is 6.58. The minimum atomic E-state index is -0.947. The Bertz CT molecular complexity index is 755. The van der Waals surface area contributed by atoms with Gasteiger partial charge in [-0.25, -0.2) is 4.98 Å². The van der Waals surface area contributed by atoms with Crippen molar-refractivity contribution in [2.24, 2.45) is 0 Å². The van der Waals surface area contributed by atoms with E-state index in [0.717, 1.165) is 20.1 Å². The summed E-state index contributed by atoms with van der Waals surface area (Å²) in [6.45, 7) is 0. The summed E-state index contributed by atoms with van der Waals surface area (Å²) in [6, 6.07) is 18.1. The topological polar surface area (TPSA) is 41.6 Å². The number of imidazole rings is 1. The smallest absolute Gasteiger partial charge is 0.183 e. The molecule has 0 aliphatic heterocycles. The normalized spacial score (nSPS) is 11.1. The van der Waals surface area contributed by atoms with E-state index in [2.05, 4.69) is 42.9 Å². The zero-order valence-corrected chi connectivity index (χ0v) is 14.6. The molecule has 0 N–H and O–H groups in total. The molecule has 0 saturated carbocycles. The molecule has 3 aromatic rings. The fourth-order valence-electron chi connectivity index (χ4n) is 2.49. The van der Waals surface area contributed by atoms with Crippen LogP contribution >= 0.6 is 31.9 Å². The number of benzene rings is 2. The van der Waals surface area contributed by atoms with Gasteiger partial charge in [-0.2, -0.15) is 5.26 Å². The van der Waals surface area contributed by atoms with Crippen molar-refractivity contribution in [3.05, 3.63) is 87.3 Å². The van der Waals surface area contributed by atoms with Crippen molar-refractivity contribution < 1.29 is 0 Å². The highest BCUT2D eigenvalue weighted by Gasteiger charge is 2.36. The molecule has 2 aromatic carbocycles. The van der Waals surface area contributed by atoms with E-state index < -0.39 is 5.54 Å². The molecule has 0 saturated heterocycles. The lowest BCUT2D eigenvalue weighted by atomic mass is 9.84. The maximum Gasteiger partial charge on any atom is 0.183 e. The standard InChI is InChI=1S/C17H11Br2N3/c18-15-5-1-13(2-6-15)17(11-20,22-10-9-21-12-22)14-3-7-16(19)8-4-14/h1-10,12H. The van der Waals surface area contributed by atoms with E-state index in [9.17, 15) is 5.26 Å². The van der Waals surface area contributed by atoms with E-state index in [1.165, 1.54) is 0 Å². The Morgan fingerprint density at radius 3 is 1.77 bits per heavy atom. The molecular weight excluding hydrogens is 406 g/mol. The highest BCUT2D eigenvalue weighted by Crippen LogP contribution is 2.34. The van der Waals surface area contributed by atoms with Gasteiger partial charge < -0.3 is 4.57 Å². The largest absolute Gasteiger partial charge is 0.311 e. The van der Waals surface area contributed by atoms with E-state index in [1.54, 1.807) is 12.5 Å². The third kappa shape index (κ3) is 2.49. The second-order valence-electron chi connectivity index (χ2n) is 4.81. The van der Waals surface area contributed by atoms with E-state index >= 15 is 0 Å². The first-order chi connectivity index (χ1) is 10.7. The second-order valence-corrected chi connectivity index (χ2v) is 6.64. The third-order valence-electron chi connectivity index (χ3n) is 3.58. The van der Waals surface area contributed by atoms with E-state index in [1.807, 2.05) is 59.3 Å². The van der Waals surface area contributed by atoms with Crippen LogP contribution in [0.3, 0.4) is 0 Å². The Kier molecular flexibility index (Phi) is 4.14. The number of nitriles is 1. The lowest BCUT2D eigenvalue weighted by molar-refractivity contribution is 0.547. The van der Waals surface area contributed by atoms with Crippen LogP contribution in [0.1, 0.15) is 11.1 Å². The van der Waals surface area contributed by atoms with Crippen LogP contribution in [0.2, 0.25) is 0 Å². The summed E-state index contributed by atoms with van der Waals surface area (Å²) in [7, 11) is 0. The minimum absolute atomic E-state index is 0.888. The number of halogens is 2. The van der Waals surface area contributed by atoms with Gasteiger partial charge in [-0.15, -0.1) is 0 Å². The molecule has 0 bridgehead atoms. The van der Waals surface area contributed by atoms with Crippen LogP contribution in [-0.4, -0.2) is 9.55 Å². The first kappa shape index (κ1) is 15.0. The lowest BCUT2D eigenvalue weighted by Crippen LogP contribution is -2.33. The molecule has 0 radical (unpaired) electrons. The molecule has 0 fully saturated rings. The quantitative estimate of drug-likeness (QED) is 0.619. The Hall–Kier alpha value is -1.90. The molecule has 0 unspecified atom stereocenters. The Labute approximate surface area is 145 Å². The highest BCUT2D eigenvalue weighted by atomic mass is 79.9. The minimum Gasteiger partial charge on any atom is -0.311 e. The monoisotopic (exact) mass is 415 g/mol. The van der Waals surface area contributed by atoms with Crippen LogP contribution < -0.4 is 0 Å². The molecule has 0 amide bonds. The molecule has 0 spiro atoms. The average molecular weight is 417 g/mol. The molecule has 3 rings (SSSR count). The predicted molar refractivity (Wildman–Crippen MR) is 92.3 cm³/mol. The van der Waals surface area contributed by atoms with Crippen LogP contribution in [-0.2, 0) is 5.54 Å². The van der Waals surface area contributed by atoms with Gasteiger partial charge in [0.2, 0.25) is 0 Å². The number of rotatable bonds is 3. The molecule has 3 nitrogen and oxygen atoms in total. The van der Waals surface area contributed by atoms with Gasteiger partial charge in [-0.3, -0.25) is 0 Å². The van der Waals surface area contributed by atoms with Crippen molar-refractivity contribution in [2.75, 3.05) is 0 Å². The summed E-state index contributed by atoms with van der Waals surface area (Å²) >= 11 is 6.88. The summed E-state index contributed by atoms with van der Waals surface area (Å²) in [4.78, 5) is 4.12. The maximum absolute atomic E-state index is 10.1. The Morgan fingerprint density at radius 2 is 1.41 bits per heavy atom. The van der Waals surface area contributed by atoms with E-state index in [0.29, 0.717) is 0 Å². The van der Waals surface area contributed by atoms with Gasteiger partial charge in [-0.05, 0) is 35.4 Å². The molecule has 1 aromatic heterocycles. The second kappa shape index (κ2) is 6.07. The average Bonchev–Trinajstić information content (AvgIpc) is 3.07. The van der Waals surface area contributed by atoms with Gasteiger partial charge in [-0.1, -0.05) is 56.1 Å². The third-order valence-corrected chi connectivity index (χ3v) is 4.63. The van der Waals surface area contributed by atoms with Crippen LogP contribution in [0.5, 0.6) is 0 Å². The molecule has 5 heteroatoms. The maximum atomic E-state index is 10.1. The van der Waals surface area contributed by atoms with Crippen molar-refractivity contribution in [2.45, 2.75) is 5.54 Å². The van der Waals surface area contributed by atoms with Crippen molar-refractivity contribution in [3.8, 4) is 6.07 Å².